The molecule has 0 atom stereocenters. The first-order valence-corrected chi connectivity index (χ1v) is 7.56. The summed E-state index contributed by atoms with van der Waals surface area (Å²) in [5, 5.41) is 0. The summed E-state index contributed by atoms with van der Waals surface area (Å²) in [5.74, 6) is -0.205. The van der Waals surface area contributed by atoms with Gasteiger partial charge in [0.05, 0.1) is 12.2 Å². The summed E-state index contributed by atoms with van der Waals surface area (Å²) in [5.41, 5.74) is 0.641. The molecular weight excluding hydrogens is 276 g/mol. The monoisotopic (exact) mass is 302 g/mol. The predicted molar refractivity (Wildman–Crippen MR) is 85.1 cm³/mol. The third kappa shape index (κ3) is 9.79. The van der Waals surface area contributed by atoms with Gasteiger partial charge in [0.25, 0.3) is 0 Å². The van der Waals surface area contributed by atoms with E-state index in [4.69, 9.17) is 4.74 Å². The Morgan fingerprint density at radius 1 is 0.900 bits per heavy atom. The summed E-state index contributed by atoms with van der Waals surface area (Å²) in [4.78, 5) is 11.6. The van der Waals surface area contributed by atoms with Gasteiger partial charge < -0.3 is 4.74 Å². The maximum absolute atomic E-state index is 11.6. The number of hydrogen-bond acceptors (Lipinski definition) is 2. The van der Waals surface area contributed by atoms with E-state index in [1.807, 2.05) is 18.2 Å². The number of esters is 1. The summed E-state index contributed by atoms with van der Waals surface area (Å²) in [6.45, 7) is 2.78. The first-order valence-electron chi connectivity index (χ1n) is 7.56. The zero-order valence-corrected chi connectivity index (χ0v) is 15.0. The Bertz CT molecular complexity index is 338. The topological polar surface area (TPSA) is 26.3 Å². The van der Waals surface area contributed by atoms with Crippen molar-refractivity contribution in [2.24, 2.45) is 0 Å². The molecule has 0 heterocycles. The largest absolute Gasteiger partial charge is 0.462 e. The number of ether oxygens (including phenoxy) is 1. The van der Waals surface area contributed by atoms with Gasteiger partial charge in [0.15, 0.2) is 0 Å². The molecule has 0 aliphatic heterocycles. The zero-order valence-electron chi connectivity index (χ0n) is 12.8. The van der Waals surface area contributed by atoms with Crippen molar-refractivity contribution in [2.45, 2.75) is 58.3 Å². The maximum atomic E-state index is 11.6. The molecular formula is C17H26CaO2. The van der Waals surface area contributed by atoms with Gasteiger partial charge >= 0.3 is 5.97 Å². The molecule has 1 aromatic rings. The number of carbonyl (C=O) groups is 1. The van der Waals surface area contributed by atoms with Crippen LogP contribution in [0.3, 0.4) is 0 Å². The van der Waals surface area contributed by atoms with E-state index in [-0.39, 0.29) is 43.7 Å². The van der Waals surface area contributed by atoms with Crippen molar-refractivity contribution in [1.29, 1.82) is 0 Å². The van der Waals surface area contributed by atoms with Crippen LogP contribution in [0.5, 0.6) is 0 Å². The second-order valence-corrected chi connectivity index (χ2v) is 4.98. The van der Waals surface area contributed by atoms with Gasteiger partial charge in [-0.05, 0) is 18.6 Å². The Hall–Kier alpha value is -0.0503. The number of rotatable bonds is 10. The second-order valence-electron chi connectivity index (χ2n) is 4.98. The van der Waals surface area contributed by atoms with Crippen LogP contribution in [0, 0.1) is 0 Å². The van der Waals surface area contributed by atoms with Crippen molar-refractivity contribution in [3.8, 4) is 0 Å². The quantitative estimate of drug-likeness (QED) is 0.358. The maximum Gasteiger partial charge on any atom is 0.338 e. The third-order valence-corrected chi connectivity index (χ3v) is 3.24. The van der Waals surface area contributed by atoms with Gasteiger partial charge in [-0.3, -0.25) is 0 Å². The van der Waals surface area contributed by atoms with Crippen LogP contribution in [0.2, 0.25) is 0 Å². The molecule has 0 saturated carbocycles. The minimum Gasteiger partial charge on any atom is -0.462 e. The van der Waals surface area contributed by atoms with Crippen LogP contribution < -0.4 is 0 Å². The van der Waals surface area contributed by atoms with Crippen molar-refractivity contribution in [2.75, 3.05) is 6.61 Å². The minimum absolute atomic E-state index is 0. The predicted octanol–water partition coefficient (Wildman–Crippen LogP) is 4.60. The van der Waals surface area contributed by atoms with Gasteiger partial charge in [-0.1, -0.05) is 70.1 Å². The zero-order chi connectivity index (χ0) is 13.8. The standard InChI is InChI=1S/C17H26O2.Ca/c1-2-3-4-5-6-7-8-12-15-19-17(18)16-13-10-9-11-14-16;/h9-11,13-14H,2-8,12,15H2,1H3;. The van der Waals surface area contributed by atoms with Crippen LogP contribution in [-0.2, 0) is 4.74 Å². The number of carbonyl (C=O) groups excluding carboxylic acids is 1. The molecule has 1 aromatic carbocycles. The fourth-order valence-electron chi connectivity index (χ4n) is 2.06. The number of benzene rings is 1. The van der Waals surface area contributed by atoms with Crippen LogP contribution in [-0.4, -0.2) is 50.3 Å². The Kier molecular flexibility index (Phi) is 13.9. The Balaban J connectivity index is 0.00000361. The molecule has 108 valence electrons. The Morgan fingerprint density at radius 3 is 2.05 bits per heavy atom. The van der Waals surface area contributed by atoms with Crippen LogP contribution in [0.15, 0.2) is 30.3 Å². The number of hydrogen-bond donors (Lipinski definition) is 0. The van der Waals surface area contributed by atoms with E-state index in [0.717, 1.165) is 12.8 Å². The summed E-state index contributed by atoms with van der Waals surface area (Å²) in [6.07, 6.45) is 10.1. The molecule has 0 amide bonds. The van der Waals surface area contributed by atoms with Gasteiger partial charge in [0, 0.05) is 37.7 Å². The molecule has 2 nitrogen and oxygen atoms in total. The van der Waals surface area contributed by atoms with Gasteiger partial charge in [0.2, 0.25) is 0 Å². The molecule has 0 bridgehead atoms. The molecule has 1 rings (SSSR count). The smallest absolute Gasteiger partial charge is 0.338 e. The summed E-state index contributed by atoms with van der Waals surface area (Å²) in [6, 6.07) is 9.18. The van der Waals surface area contributed by atoms with Gasteiger partial charge in [0.1, 0.15) is 0 Å². The van der Waals surface area contributed by atoms with Crippen LogP contribution in [0.1, 0.15) is 68.6 Å². The SMILES string of the molecule is CCCCCCCCCCOC(=O)c1ccccc1.[Ca]. The summed E-state index contributed by atoms with van der Waals surface area (Å²) >= 11 is 0. The molecule has 0 aromatic heterocycles. The van der Waals surface area contributed by atoms with Crippen LogP contribution in [0.4, 0.5) is 0 Å². The first-order chi connectivity index (χ1) is 9.34. The summed E-state index contributed by atoms with van der Waals surface area (Å²) < 4.78 is 5.23. The van der Waals surface area contributed by atoms with Crippen molar-refractivity contribution in [1.82, 2.24) is 0 Å². The van der Waals surface area contributed by atoms with Crippen molar-refractivity contribution in [3.63, 3.8) is 0 Å². The average Bonchev–Trinajstić information content (AvgIpc) is 2.46. The minimum atomic E-state index is -0.205. The van der Waals surface area contributed by atoms with E-state index < -0.39 is 0 Å². The fraction of sp³-hybridized carbons (Fsp3) is 0.588. The molecule has 0 fully saturated rings. The third-order valence-electron chi connectivity index (χ3n) is 3.24. The molecule has 0 N–H and O–H groups in total. The van der Waals surface area contributed by atoms with E-state index in [1.165, 1.54) is 38.5 Å². The fourth-order valence-corrected chi connectivity index (χ4v) is 2.06. The van der Waals surface area contributed by atoms with Crippen molar-refractivity contribution >= 4 is 43.7 Å². The molecule has 0 saturated heterocycles. The van der Waals surface area contributed by atoms with E-state index in [2.05, 4.69) is 6.92 Å². The normalized spacial score (nSPS) is 9.85. The molecule has 0 spiro atoms. The van der Waals surface area contributed by atoms with E-state index >= 15 is 0 Å². The number of unbranched alkanes of at least 4 members (excludes halogenated alkanes) is 7. The van der Waals surface area contributed by atoms with Crippen molar-refractivity contribution in [3.05, 3.63) is 35.9 Å². The average molecular weight is 302 g/mol. The first kappa shape index (κ1) is 19.9. The van der Waals surface area contributed by atoms with Gasteiger partial charge in [-0.2, -0.15) is 0 Å². The van der Waals surface area contributed by atoms with E-state index in [0.29, 0.717) is 12.2 Å². The van der Waals surface area contributed by atoms with Crippen molar-refractivity contribution < 1.29 is 9.53 Å². The van der Waals surface area contributed by atoms with Gasteiger partial charge in [-0.25, -0.2) is 4.79 Å². The summed E-state index contributed by atoms with van der Waals surface area (Å²) in [7, 11) is 0. The van der Waals surface area contributed by atoms with E-state index in [1.54, 1.807) is 12.1 Å². The van der Waals surface area contributed by atoms with E-state index in [9.17, 15) is 4.79 Å². The Morgan fingerprint density at radius 2 is 1.45 bits per heavy atom. The molecule has 0 aliphatic carbocycles. The second kappa shape index (κ2) is 13.9. The van der Waals surface area contributed by atoms with Crippen LogP contribution >= 0.6 is 0 Å². The molecule has 2 radical (unpaired) electrons. The molecule has 3 heteroatoms. The van der Waals surface area contributed by atoms with Crippen LogP contribution in [0.25, 0.3) is 0 Å². The molecule has 0 aliphatic rings. The van der Waals surface area contributed by atoms with Gasteiger partial charge in [-0.15, -0.1) is 0 Å². The Labute approximate surface area is 153 Å². The molecule has 0 unspecified atom stereocenters. The molecule has 20 heavy (non-hydrogen) atoms.